The Hall–Kier alpha value is -4.80. The molecule has 0 unspecified atom stereocenters. The minimum Gasteiger partial charge on any atom is -0.492 e. The molecule has 0 radical (unpaired) electrons. The molecule has 11 heteroatoms. The number of amides is 1. The maximum absolute atomic E-state index is 12.1. The summed E-state index contributed by atoms with van der Waals surface area (Å²) in [6.45, 7) is 0.687. The van der Waals surface area contributed by atoms with Crippen molar-refractivity contribution in [1.82, 2.24) is 35.1 Å². The first-order valence-electron chi connectivity index (χ1n) is 10.0. The molecule has 1 amide bonds. The Kier molecular flexibility index (Phi) is 5.33. The van der Waals surface area contributed by atoms with Crippen LogP contribution in [0.3, 0.4) is 0 Å². The fraction of sp³-hybridized carbons (Fsp3) is 0.0909. The van der Waals surface area contributed by atoms with Gasteiger partial charge in [0.15, 0.2) is 17.3 Å². The summed E-state index contributed by atoms with van der Waals surface area (Å²) in [4.78, 5) is 24.7. The summed E-state index contributed by atoms with van der Waals surface area (Å²) in [6, 6.07) is 12.6. The van der Waals surface area contributed by atoms with Crippen molar-refractivity contribution in [2.45, 2.75) is 0 Å². The van der Waals surface area contributed by atoms with Crippen LogP contribution >= 0.6 is 0 Å². The number of nitrogens with zero attached hydrogens (tertiary/aromatic N) is 6. The highest BCUT2D eigenvalue weighted by Gasteiger charge is 2.20. The van der Waals surface area contributed by atoms with Crippen molar-refractivity contribution in [1.29, 1.82) is 0 Å². The van der Waals surface area contributed by atoms with Gasteiger partial charge < -0.3 is 15.8 Å². The number of imidazole rings is 1. The first-order valence-corrected chi connectivity index (χ1v) is 10.0. The largest absolute Gasteiger partial charge is 0.492 e. The van der Waals surface area contributed by atoms with Gasteiger partial charge in [0.25, 0.3) is 5.91 Å². The topological polar surface area (TPSA) is 147 Å². The lowest BCUT2D eigenvalue weighted by Crippen LogP contribution is -2.28. The second kappa shape index (κ2) is 8.75. The number of benzene rings is 1. The minimum atomic E-state index is -0.174. The van der Waals surface area contributed by atoms with E-state index in [9.17, 15) is 4.79 Å². The molecule has 0 saturated heterocycles. The number of fused-ring (bicyclic) bond motifs is 1. The van der Waals surface area contributed by atoms with Crippen LogP contribution in [0.4, 0.5) is 5.82 Å². The quantitative estimate of drug-likeness (QED) is 0.362. The number of carbonyl (C=O) groups excluding carboxylic acids is 1. The van der Waals surface area contributed by atoms with E-state index in [0.717, 1.165) is 11.2 Å². The zero-order valence-electron chi connectivity index (χ0n) is 17.3. The SMILES string of the molecule is Nc1nonc1-c1nc2cnccc2n1-c1ccc(OCCNC(=O)c2ccncc2)cc1. The van der Waals surface area contributed by atoms with Gasteiger partial charge in [-0.25, -0.2) is 9.61 Å². The standard InChI is InChI=1S/C22H18N8O3/c23-20-19(28-33-29-20)21-27-17-13-25-10-7-18(17)30(21)15-1-3-16(4-2-15)32-12-11-26-22(31)14-5-8-24-9-6-14/h1-10,13H,11-12H2,(H2,23,29)(H,26,31). The smallest absolute Gasteiger partial charge is 0.251 e. The van der Waals surface area contributed by atoms with Crippen LogP contribution < -0.4 is 15.8 Å². The number of nitrogens with one attached hydrogen (secondary N) is 1. The van der Waals surface area contributed by atoms with Gasteiger partial charge in [0.1, 0.15) is 17.9 Å². The number of hydrogen-bond donors (Lipinski definition) is 2. The van der Waals surface area contributed by atoms with E-state index < -0.39 is 0 Å². The highest BCUT2D eigenvalue weighted by molar-refractivity contribution is 5.93. The molecule has 0 bridgehead atoms. The normalized spacial score (nSPS) is 10.9. The first-order chi connectivity index (χ1) is 16.2. The molecule has 4 aromatic heterocycles. The number of aromatic nitrogens is 6. The summed E-state index contributed by atoms with van der Waals surface area (Å²) in [5.74, 6) is 1.12. The number of rotatable bonds is 7. The predicted molar refractivity (Wildman–Crippen MR) is 119 cm³/mol. The van der Waals surface area contributed by atoms with E-state index in [2.05, 4.69) is 30.6 Å². The van der Waals surface area contributed by atoms with Gasteiger partial charge in [-0.1, -0.05) is 0 Å². The molecule has 11 nitrogen and oxygen atoms in total. The molecule has 0 atom stereocenters. The fourth-order valence-corrected chi connectivity index (χ4v) is 3.33. The Morgan fingerprint density at radius 1 is 1.03 bits per heavy atom. The van der Waals surface area contributed by atoms with Crippen LogP contribution in [0.25, 0.3) is 28.2 Å². The lowest BCUT2D eigenvalue weighted by molar-refractivity contribution is 0.0947. The van der Waals surface area contributed by atoms with Crippen molar-refractivity contribution >= 4 is 22.8 Å². The van der Waals surface area contributed by atoms with E-state index in [-0.39, 0.29) is 11.7 Å². The van der Waals surface area contributed by atoms with Gasteiger partial charge >= 0.3 is 0 Å². The van der Waals surface area contributed by atoms with Crippen molar-refractivity contribution in [3.8, 4) is 23.0 Å². The second-order valence-electron chi connectivity index (χ2n) is 6.97. The molecular weight excluding hydrogens is 424 g/mol. The van der Waals surface area contributed by atoms with Gasteiger partial charge in [-0.3, -0.25) is 19.3 Å². The molecule has 0 fully saturated rings. The van der Waals surface area contributed by atoms with Crippen molar-refractivity contribution in [3.05, 3.63) is 72.8 Å². The molecule has 5 rings (SSSR count). The summed E-state index contributed by atoms with van der Waals surface area (Å²) in [6.07, 6.45) is 6.50. The van der Waals surface area contributed by atoms with Crippen LogP contribution in [-0.4, -0.2) is 48.9 Å². The van der Waals surface area contributed by atoms with Crippen LogP contribution in [-0.2, 0) is 0 Å². The third-order valence-electron chi connectivity index (χ3n) is 4.88. The first kappa shape index (κ1) is 20.1. The maximum atomic E-state index is 12.1. The molecule has 4 heterocycles. The Morgan fingerprint density at radius 3 is 2.58 bits per heavy atom. The van der Waals surface area contributed by atoms with Crippen LogP contribution in [0.1, 0.15) is 10.4 Å². The second-order valence-corrected chi connectivity index (χ2v) is 6.97. The Bertz CT molecular complexity index is 1400. The maximum Gasteiger partial charge on any atom is 0.251 e. The Balaban J connectivity index is 1.31. The van der Waals surface area contributed by atoms with Crippen molar-refractivity contribution in [2.24, 2.45) is 0 Å². The third-order valence-corrected chi connectivity index (χ3v) is 4.88. The number of pyridine rings is 2. The molecule has 164 valence electrons. The molecule has 0 aliphatic rings. The molecule has 0 aliphatic heterocycles. The summed E-state index contributed by atoms with van der Waals surface area (Å²) in [7, 11) is 0. The van der Waals surface area contributed by atoms with E-state index >= 15 is 0 Å². The van der Waals surface area contributed by atoms with Gasteiger partial charge in [0, 0.05) is 29.8 Å². The zero-order valence-corrected chi connectivity index (χ0v) is 17.3. The molecule has 0 spiro atoms. The van der Waals surface area contributed by atoms with Gasteiger partial charge in [-0.2, -0.15) is 0 Å². The monoisotopic (exact) mass is 442 g/mol. The summed E-state index contributed by atoms with van der Waals surface area (Å²) >= 11 is 0. The van der Waals surface area contributed by atoms with E-state index in [1.807, 2.05) is 34.9 Å². The summed E-state index contributed by atoms with van der Waals surface area (Å²) < 4.78 is 12.4. The zero-order chi connectivity index (χ0) is 22.6. The molecule has 1 aromatic carbocycles. The number of carbonyl (C=O) groups is 1. The van der Waals surface area contributed by atoms with Crippen molar-refractivity contribution in [3.63, 3.8) is 0 Å². The summed E-state index contributed by atoms with van der Waals surface area (Å²) in [5.41, 5.74) is 9.13. The average Bonchev–Trinajstić information content (AvgIpc) is 3.45. The average molecular weight is 442 g/mol. The fourth-order valence-electron chi connectivity index (χ4n) is 3.33. The Labute approximate surface area is 187 Å². The number of nitrogens with two attached hydrogens (primary N) is 1. The van der Waals surface area contributed by atoms with Gasteiger partial charge in [-0.05, 0) is 52.8 Å². The molecule has 33 heavy (non-hydrogen) atoms. The number of hydrogen-bond acceptors (Lipinski definition) is 9. The van der Waals surface area contributed by atoms with Gasteiger partial charge in [0.2, 0.25) is 0 Å². The lowest BCUT2D eigenvalue weighted by atomic mass is 10.2. The van der Waals surface area contributed by atoms with E-state index in [1.165, 1.54) is 0 Å². The predicted octanol–water partition coefficient (Wildman–Crippen LogP) is 2.26. The Morgan fingerprint density at radius 2 is 1.82 bits per heavy atom. The van der Waals surface area contributed by atoms with Crippen molar-refractivity contribution < 1.29 is 14.2 Å². The highest BCUT2D eigenvalue weighted by atomic mass is 16.6. The molecule has 3 N–H and O–H groups in total. The highest BCUT2D eigenvalue weighted by Crippen LogP contribution is 2.30. The van der Waals surface area contributed by atoms with E-state index in [1.54, 1.807) is 36.9 Å². The molecule has 5 aromatic rings. The minimum absolute atomic E-state index is 0.147. The van der Waals surface area contributed by atoms with Crippen LogP contribution in [0.2, 0.25) is 0 Å². The van der Waals surface area contributed by atoms with Crippen molar-refractivity contribution in [2.75, 3.05) is 18.9 Å². The third kappa shape index (κ3) is 4.06. The summed E-state index contributed by atoms with van der Waals surface area (Å²) in [5, 5.41) is 10.4. The molecular formula is C22H18N8O3. The van der Waals surface area contributed by atoms with Gasteiger partial charge in [0.05, 0.1) is 18.3 Å². The van der Waals surface area contributed by atoms with Gasteiger partial charge in [-0.15, -0.1) is 0 Å². The van der Waals surface area contributed by atoms with E-state index in [0.29, 0.717) is 41.5 Å². The number of nitrogen functional groups attached to an aromatic ring is 1. The van der Waals surface area contributed by atoms with Crippen LogP contribution in [0.5, 0.6) is 5.75 Å². The van der Waals surface area contributed by atoms with Crippen LogP contribution in [0, 0.1) is 0 Å². The lowest BCUT2D eigenvalue weighted by Gasteiger charge is -2.11. The van der Waals surface area contributed by atoms with E-state index in [4.69, 9.17) is 15.1 Å². The number of anilines is 1. The van der Waals surface area contributed by atoms with Crippen LogP contribution in [0.15, 0.2) is 71.9 Å². The molecule has 0 saturated carbocycles. The molecule has 0 aliphatic carbocycles. The number of ether oxygens (including phenoxy) is 1.